The van der Waals surface area contributed by atoms with Gasteiger partial charge in [0.2, 0.25) is 0 Å². The number of hydrogen-bond acceptors (Lipinski definition) is 3. The lowest BCUT2D eigenvalue weighted by Gasteiger charge is -2.16. The summed E-state index contributed by atoms with van der Waals surface area (Å²) in [5.41, 5.74) is 1.06. The van der Waals surface area contributed by atoms with Crippen LogP contribution in [0.5, 0.6) is 11.5 Å². The molecular weight excluding hydrogens is 312 g/mol. The third kappa shape index (κ3) is 3.62. The molecular formula is C14H17BrO4. The second kappa shape index (κ2) is 6.28. The van der Waals surface area contributed by atoms with Crippen LogP contribution in [0.25, 0.3) is 0 Å². The maximum absolute atomic E-state index is 10.6. The molecule has 0 saturated carbocycles. The highest BCUT2D eigenvalue weighted by Crippen LogP contribution is 2.39. The van der Waals surface area contributed by atoms with E-state index >= 15 is 0 Å². The average molecular weight is 329 g/mol. The van der Waals surface area contributed by atoms with Gasteiger partial charge in [-0.1, -0.05) is 22.9 Å². The van der Waals surface area contributed by atoms with E-state index in [1.165, 1.54) is 0 Å². The number of fused-ring (bicyclic) bond motifs is 1. The van der Waals surface area contributed by atoms with E-state index in [2.05, 4.69) is 15.9 Å². The molecule has 0 radical (unpaired) electrons. The number of benzene rings is 1. The molecule has 0 fully saturated rings. The molecule has 0 bridgehead atoms. The molecule has 1 aliphatic heterocycles. The van der Waals surface area contributed by atoms with E-state index in [4.69, 9.17) is 14.6 Å². The number of carbonyl (C=O) groups is 1. The van der Waals surface area contributed by atoms with E-state index in [1.54, 1.807) is 0 Å². The molecule has 0 saturated heterocycles. The molecule has 0 spiro atoms. The van der Waals surface area contributed by atoms with Gasteiger partial charge in [-0.25, -0.2) is 0 Å². The van der Waals surface area contributed by atoms with Gasteiger partial charge in [0.25, 0.3) is 0 Å². The largest absolute Gasteiger partial charge is 0.490 e. The maximum atomic E-state index is 10.6. The van der Waals surface area contributed by atoms with Crippen molar-refractivity contribution in [2.75, 3.05) is 13.2 Å². The summed E-state index contributed by atoms with van der Waals surface area (Å²) >= 11 is 3.53. The number of hydrogen-bond donors (Lipinski definition) is 1. The first-order valence-electron chi connectivity index (χ1n) is 6.38. The van der Waals surface area contributed by atoms with Crippen LogP contribution in [0.1, 0.15) is 37.7 Å². The van der Waals surface area contributed by atoms with Gasteiger partial charge >= 0.3 is 5.97 Å². The Morgan fingerprint density at radius 1 is 1.37 bits per heavy atom. The number of carboxylic acid groups (broad SMARTS) is 1. The number of rotatable bonds is 4. The summed E-state index contributed by atoms with van der Waals surface area (Å²) in [5.74, 6) is 0.886. The van der Waals surface area contributed by atoms with Crippen molar-refractivity contribution in [2.24, 2.45) is 0 Å². The fraction of sp³-hybridized carbons (Fsp3) is 0.500. The van der Waals surface area contributed by atoms with E-state index in [0.29, 0.717) is 19.6 Å². The van der Waals surface area contributed by atoms with Gasteiger partial charge in [0.1, 0.15) is 0 Å². The Hall–Kier alpha value is -1.23. The zero-order chi connectivity index (χ0) is 13.8. The van der Waals surface area contributed by atoms with Gasteiger partial charge in [0.15, 0.2) is 11.5 Å². The van der Waals surface area contributed by atoms with E-state index in [9.17, 15) is 4.79 Å². The SMILES string of the molecule is CC(CCC(=O)O)c1cc2c(cc1Br)OCCCO2. The number of halogens is 1. The summed E-state index contributed by atoms with van der Waals surface area (Å²) in [6, 6.07) is 3.87. The molecule has 1 aromatic carbocycles. The number of aliphatic carboxylic acids is 1. The lowest BCUT2D eigenvalue weighted by atomic mass is 9.96. The van der Waals surface area contributed by atoms with Gasteiger partial charge < -0.3 is 14.6 Å². The molecule has 1 N–H and O–H groups in total. The molecule has 1 heterocycles. The fourth-order valence-corrected chi connectivity index (χ4v) is 2.79. The molecule has 0 aliphatic carbocycles. The molecule has 0 aromatic heterocycles. The van der Waals surface area contributed by atoms with Crippen molar-refractivity contribution < 1.29 is 19.4 Å². The van der Waals surface area contributed by atoms with Crippen LogP contribution < -0.4 is 9.47 Å². The minimum absolute atomic E-state index is 0.155. The van der Waals surface area contributed by atoms with Crippen molar-refractivity contribution >= 4 is 21.9 Å². The monoisotopic (exact) mass is 328 g/mol. The molecule has 0 amide bonds. The van der Waals surface area contributed by atoms with Crippen LogP contribution in [0.4, 0.5) is 0 Å². The smallest absolute Gasteiger partial charge is 0.303 e. The van der Waals surface area contributed by atoms with Crippen molar-refractivity contribution in [1.82, 2.24) is 0 Å². The Morgan fingerprint density at radius 2 is 2.00 bits per heavy atom. The maximum Gasteiger partial charge on any atom is 0.303 e. The van der Waals surface area contributed by atoms with Gasteiger partial charge in [-0.2, -0.15) is 0 Å². The van der Waals surface area contributed by atoms with Crippen LogP contribution in [0.3, 0.4) is 0 Å². The number of ether oxygens (including phenoxy) is 2. The molecule has 2 rings (SSSR count). The molecule has 19 heavy (non-hydrogen) atoms. The highest BCUT2D eigenvalue weighted by atomic mass is 79.9. The van der Waals surface area contributed by atoms with E-state index in [1.807, 2.05) is 19.1 Å². The minimum Gasteiger partial charge on any atom is -0.490 e. The normalized spacial score (nSPS) is 15.7. The molecule has 4 nitrogen and oxygen atoms in total. The standard InChI is InChI=1S/C14H17BrO4/c1-9(3-4-14(16)17)10-7-12-13(8-11(10)15)19-6-2-5-18-12/h7-9H,2-6H2,1H3,(H,16,17). The summed E-state index contributed by atoms with van der Waals surface area (Å²) in [5, 5.41) is 8.75. The van der Waals surface area contributed by atoms with Gasteiger partial charge in [0, 0.05) is 17.3 Å². The summed E-state index contributed by atoms with van der Waals surface area (Å²) in [7, 11) is 0. The lowest BCUT2D eigenvalue weighted by Crippen LogP contribution is -2.02. The third-order valence-corrected chi connectivity index (χ3v) is 3.88. The molecule has 1 unspecified atom stereocenters. The number of carboxylic acids is 1. The van der Waals surface area contributed by atoms with Crippen LogP contribution in [0.15, 0.2) is 16.6 Å². The van der Waals surface area contributed by atoms with Gasteiger partial charge in [-0.05, 0) is 30.0 Å². The molecule has 104 valence electrons. The Labute approximate surface area is 120 Å². The zero-order valence-corrected chi connectivity index (χ0v) is 12.4. The predicted molar refractivity (Wildman–Crippen MR) is 75.0 cm³/mol. The first kappa shape index (κ1) is 14.2. The predicted octanol–water partition coefficient (Wildman–Crippen LogP) is 3.58. The minimum atomic E-state index is -0.766. The zero-order valence-electron chi connectivity index (χ0n) is 10.8. The highest BCUT2D eigenvalue weighted by molar-refractivity contribution is 9.10. The van der Waals surface area contributed by atoms with Crippen LogP contribution >= 0.6 is 15.9 Å². The van der Waals surface area contributed by atoms with Gasteiger partial charge in [-0.15, -0.1) is 0 Å². The Balaban J connectivity index is 2.20. The summed E-state index contributed by atoms with van der Waals surface area (Å²) in [4.78, 5) is 10.6. The molecule has 5 heteroatoms. The quantitative estimate of drug-likeness (QED) is 0.917. The van der Waals surface area contributed by atoms with Crippen molar-refractivity contribution in [1.29, 1.82) is 0 Å². The van der Waals surface area contributed by atoms with Crippen molar-refractivity contribution in [3.05, 3.63) is 22.2 Å². The van der Waals surface area contributed by atoms with E-state index < -0.39 is 5.97 Å². The van der Waals surface area contributed by atoms with Crippen molar-refractivity contribution in [3.8, 4) is 11.5 Å². The van der Waals surface area contributed by atoms with Gasteiger partial charge in [-0.3, -0.25) is 4.79 Å². The summed E-state index contributed by atoms with van der Waals surface area (Å²) in [6.45, 7) is 3.33. The van der Waals surface area contributed by atoms with Crippen LogP contribution in [-0.2, 0) is 4.79 Å². The molecule has 1 aliphatic rings. The second-order valence-electron chi connectivity index (χ2n) is 4.70. The Morgan fingerprint density at radius 3 is 2.63 bits per heavy atom. The topological polar surface area (TPSA) is 55.8 Å². The summed E-state index contributed by atoms with van der Waals surface area (Å²) < 4.78 is 12.2. The van der Waals surface area contributed by atoms with Crippen LogP contribution in [0, 0.1) is 0 Å². The first-order chi connectivity index (χ1) is 9.08. The second-order valence-corrected chi connectivity index (χ2v) is 5.56. The van der Waals surface area contributed by atoms with Crippen molar-refractivity contribution in [2.45, 2.75) is 32.1 Å². The average Bonchev–Trinajstić information content (AvgIpc) is 2.59. The molecule has 1 aromatic rings. The van der Waals surface area contributed by atoms with Crippen molar-refractivity contribution in [3.63, 3.8) is 0 Å². The molecule has 1 atom stereocenters. The third-order valence-electron chi connectivity index (χ3n) is 3.19. The first-order valence-corrected chi connectivity index (χ1v) is 7.18. The lowest BCUT2D eigenvalue weighted by molar-refractivity contribution is -0.137. The van der Waals surface area contributed by atoms with Gasteiger partial charge in [0.05, 0.1) is 13.2 Å². The Kier molecular flexibility index (Phi) is 4.69. The fourth-order valence-electron chi connectivity index (χ4n) is 2.07. The van der Waals surface area contributed by atoms with E-state index in [0.717, 1.165) is 28.0 Å². The Bertz CT molecular complexity index is 473. The summed E-state index contributed by atoms with van der Waals surface area (Å²) in [6.07, 6.45) is 1.64. The van der Waals surface area contributed by atoms with Crippen LogP contribution in [0.2, 0.25) is 0 Å². The van der Waals surface area contributed by atoms with E-state index in [-0.39, 0.29) is 12.3 Å². The highest BCUT2D eigenvalue weighted by Gasteiger charge is 2.17. The van der Waals surface area contributed by atoms with Crippen LogP contribution in [-0.4, -0.2) is 24.3 Å².